The summed E-state index contributed by atoms with van der Waals surface area (Å²) in [5.74, 6) is 2.06. The minimum Gasteiger partial charge on any atom is -0.486 e. The molecule has 10 heteroatoms. The molecule has 0 fully saturated rings. The Morgan fingerprint density at radius 3 is 2.75 bits per heavy atom. The van der Waals surface area contributed by atoms with Crippen molar-refractivity contribution in [2.45, 2.75) is 65.3 Å². The molecule has 1 aromatic carbocycles. The van der Waals surface area contributed by atoms with E-state index in [0.29, 0.717) is 34.0 Å². The number of carbonyl (C=O) groups excluding carboxylic acids is 1. The van der Waals surface area contributed by atoms with E-state index in [1.165, 1.54) is 16.6 Å². The number of halogens is 1. The van der Waals surface area contributed by atoms with Crippen molar-refractivity contribution in [1.82, 2.24) is 14.8 Å². The highest BCUT2D eigenvalue weighted by Gasteiger charge is 2.32. The summed E-state index contributed by atoms with van der Waals surface area (Å²) in [6, 6.07) is 9.95. The Balaban J connectivity index is 1.37. The molecule has 1 unspecified atom stereocenters. The summed E-state index contributed by atoms with van der Waals surface area (Å²) in [5, 5.41) is 22.7. The number of hydrogen-bond donors (Lipinski definition) is 1. The Bertz CT molecular complexity index is 1270. The molecule has 1 atom stereocenters. The van der Waals surface area contributed by atoms with Gasteiger partial charge in [0, 0.05) is 15.9 Å². The average molecular weight is 589 g/mol. The van der Waals surface area contributed by atoms with Crippen molar-refractivity contribution in [3.05, 3.63) is 50.6 Å². The molecule has 36 heavy (non-hydrogen) atoms. The van der Waals surface area contributed by atoms with E-state index in [9.17, 15) is 10.1 Å². The molecule has 0 saturated carbocycles. The summed E-state index contributed by atoms with van der Waals surface area (Å²) in [7, 11) is 0. The molecule has 0 saturated heterocycles. The van der Waals surface area contributed by atoms with Crippen LogP contribution in [0.5, 0.6) is 5.75 Å². The number of nitrogens with zero attached hydrogens (tertiary/aromatic N) is 4. The highest BCUT2D eigenvalue weighted by Crippen LogP contribution is 2.44. The van der Waals surface area contributed by atoms with Gasteiger partial charge in [-0.1, -0.05) is 48.5 Å². The van der Waals surface area contributed by atoms with Gasteiger partial charge in [0.05, 0.1) is 11.3 Å². The van der Waals surface area contributed by atoms with E-state index in [-0.39, 0.29) is 23.7 Å². The van der Waals surface area contributed by atoms with Crippen molar-refractivity contribution in [3.8, 4) is 11.8 Å². The number of thiophene rings is 1. The fraction of sp³-hybridized carbons (Fsp3) is 0.462. The molecule has 190 valence electrons. The Morgan fingerprint density at radius 2 is 2.08 bits per heavy atom. The smallest absolute Gasteiger partial charge is 0.235 e. The third-order valence-electron chi connectivity index (χ3n) is 6.48. The Hall–Kier alpha value is -2.35. The summed E-state index contributed by atoms with van der Waals surface area (Å²) in [6.45, 7) is 9.79. The molecular formula is C26H30BrN5O2S2. The molecule has 0 aliphatic heterocycles. The number of nitrogens with one attached hydrogen (secondary N) is 1. The van der Waals surface area contributed by atoms with Crippen molar-refractivity contribution in [3.63, 3.8) is 0 Å². The van der Waals surface area contributed by atoms with Crippen molar-refractivity contribution in [1.29, 1.82) is 5.26 Å². The number of carbonyl (C=O) groups is 1. The number of nitriles is 1. The van der Waals surface area contributed by atoms with Gasteiger partial charge < -0.3 is 14.6 Å². The van der Waals surface area contributed by atoms with Gasteiger partial charge in [0.15, 0.2) is 11.0 Å². The van der Waals surface area contributed by atoms with Gasteiger partial charge in [-0.2, -0.15) is 5.26 Å². The first-order chi connectivity index (χ1) is 17.2. The monoisotopic (exact) mass is 587 g/mol. The highest BCUT2D eigenvalue weighted by molar-refractivity contribution is 9.10. The molecule has 2 heterocycles. The lowest BCUT2D eigenvalue weighted by Gasteiger charge is -2.33. The van der Waals surface area contributed by atoms with E-state index in [2.05, 4.69) is 58.3 Å². The zero-order valence-electron chi connectivity index (χ0n) is 20.9. The molecular weight excluding hydrogens is 558 g/mol. The van der Waals surface area contributed by atoms with Crippen LogP contribution in [0.25, 0.3) is 0 Å². The van der Waals surface area contributed by atoms with E-state index in [0.717, 1.165) is 35.0 Å². The second kappa shape index (κ2) is 11.4. The van der Waals surface area contributed by atoms with Crippen LogP contribution in [-0.4, -0.2) is 26.4 Å². The molecule has 1 aliphatic carbocycles. The van der Waals surface area contributed by atoms with Crippen LogP contribution in [0, 0.1) is 22.7 Å². The minimum atomic E-state index is -0.152. The summed E-state index contributed by atoms with van der Waals surface area (Å²) in [5.41, 5.74) is 1.98. The lowest BCUT2D eigenvalue weighted by atomic mass is 9.72. The van der Waals surface area contributed by atoms with Crippen LogP contribution in [0.2, 0.25) is 0 Å². The van der Waals surface area contributed by atoms with Crippen LogP contribution in [0.15, 0.2) is 33.9 Å². The Kier molecular flexibility index (Phi) is 8.43. The summed E-state index contributed by atoms with van der Waals surface area (Å²) < 4.78 is 8.78. The molecule has 0 radical (unpaired) electrons. The minimum absolute atomic E-state index is 0.152. The quantitative estimate of drug-likeness (QED) is 0.304. The molecule has 0 bridgehead atoms. The van der Waals surface area contributed by atoms with Gasteiger partial charge in [-0.3, -0.25) is 4.79 Å². The maximum atomic E-state index is 12.8. The number of anilines is 1. The third kappa shape index (κ3) is 6.13. The van der Waals surface area contributed by atoms with Crippen LogP contribution >= 0.6 is 39.0 Å². The number of thioether (sulfide) groups is 1. The van der Waals surface area contributed by atoms with E-state index in [4.69, 9.17) is 4.74 Å². The number of hydrogen-bond acceptors (Lipinski definition) is 7. The Morgan fingerprint density at radius 1 is 1.33 bits per heavy atom. The zero-order valence-corrected chi connectivity index (χ0v) is 24.1. The van der Waals surface area contributed by atoms with Gasteiger partial charge in [0.2, 0.25) is 5.91 Å². The topological polar surface area (TPSA) is 92.8 Å². The maximum absolute atomic E-state index is 12.8. The number of rotatable bonds is 8. The van der Waals surface area contributed by atoms with Crippen LogP contribution in [0.1, 0.15) is 55.9 Å². The van der Waals surface area contributed by atoms with Gasteiger partial charge in [0.25, 0.3) is 0 Å². The largest absolute Gasteiger partial charge is 0.486 e. The SMILES string of the molecule is CCn1c(COc2ccc(Br)cc2)nnc1SCC(=O)Nc1sc2c(c1C#N)CCC(C(C)(C)C)C2. The maximum Gasteiger partial charge on any atom is 0.235 e. The first kappa shape index (κ1) is 26.7. The van der Waals surface area contributed by atoms with Gasteiger partial charge in [0.1, 0.15) is 23.4 Å². The number of amides is 1. The number of aromatic nitrogens is 3. The average Bonchev–Trinajstić information content (AvgIpc) is 3.40. The molecule has 1 amide bonds. The number of benzene rings is 1. The predicted octanol–water partition coefficient (Wildman–Crippen LogP) is 6.45. The number of ether oxygens (including phenoxy) is 1. The second-order valence-corrected chi connectivity index (χ2v) is 12.8. The molecule has 0 spiro atoms. The second-order valence-electron chi connectivity index (χ2n) is 9.85. The van der Waals surface area contributed by atoms with E-state index < -0.39 is 0 Å². The van der Waals surface area contributed by atoms with E-state index >= 15 is 0 Å². The predicted molar refractivity (Wildman–Crippen MR) is 148 cm³/mol. The van der Waals surface area contributed by atoms with Crippen LogP contribution in [0.3, 0.4) is 0 Å². The molecule has 2 aromatic heterocycles. The molecule has 4 rings (SSSR count). The molecule has 7 nitrogen and oxygen atoms in total. The first-order valence-corrected chi connectivity index (χ1v) is 14.6. The van der Waals surface area contributed by atoms with Gasteiger partial charge in [-0.25, -0.2) is 0 Å². The fourth-order valence-electron chi connectivity index (χ4n) is 4.35. The Labute approximate surface area is 228 Å². The molecule has 3 aromatic rings. The molecule has 1 N–H and O–H groups in total. The fourth-order valence-corrected chi connectivity index (χ4v) is 6.73. The number of fused-ring (bicyclic) bond motifs is 1. The van der Waals surface area contributed by atoms with Crippen LogP contribution in [-0.2, 0) is 30.8 Å². The van der Waals surface area contributed by atoms with Gasteiger partial charge in [-0.05, 0) is 67.3 Å². The summed E-state index contributed by atoms with van der Waals surface area (Å²) in [4.78, 5) is 14.1. The van der Waals surface area contributed by atoms with Crippen molar-refractivity contribution in [2.24, 2.45) is 11.3 Å². The van der Waals surface area contributed by atoms with E-state index in [1.807, 2.05) is 35.8 Å². The van der Waals surface area contributed by atoms with E-state index in [1.54, 1.807) is 11.3 Å². The highest BCUT2D eigenvalue weighted by atomic mass is 79.9. The van der Waals surface area contributed by atoms with Gasteiger partial charge in [-0.15, -0.1) is 21.5 Å². The summed E-state index contributed by atoms with van der Waals surface area (Å²) >= 11 is 6.31. The lowest BCUT2D eigenvalue weighted by Crippen LogP contribution is -2.26. The standard InChI is InChI=1S/C26H30BrN5O2S2/c1-5-32-22(14-34-18-9-7-17(27)8-10-18)30-31-25(32)35-15-23(33)29-24-20(13-28)19-11-6-16(26(2,3)4)12-21(19)36-24/h7-10,16H,5-6,11-12,14-15H2,1-4H3,(H,29,33). The van der Waals surface area contributed by atoms with Gasteiger partial charge >= 0.3 is 0 Å². The summed E-state index contributed by atoms with van der Waals surface area (Å²) in [6.07, 6.45) is 2.94. The molecule has 1 aliphatic rings. The van der Waals surface area contributed by atoms with Crippen molar-refractivity contribution in [2.75, 3.05) is 11.1 Å². The van der Waals surface area contributed by atoms with Crippen LogP contribution < -0.4 is 10.1 Å². The first-order valence-electron chi connectivity index (χ1n) is 12.0. The third-order valence-corrected chi connectivity index (χ3v) is 9.14. The van der Waals surface area contributed by atoms with Crippen LogP contribution in [0.4, 0.5) is 5.00 Å². The van der Waals surface area contributed by atoms with Crippen molar-refractivity contribution < 1.29 is 9.53 Å². The normalized spacial score (nSPS) is 15.3. The zero-order chi connectivity index (χ0) is 25.9. The lowest BCUT2D eigenvalue weighted by molar-refractivity contribution is -0.113. The van der Waals surface area contributed by atoms with Crippen molar-refractivity contribution >= 4 is 49.9 Å².